The highest BCUT2D eigenvalue weighted by Gasteiger charge is 2.11. The number of hydrogen-bond acceptors (Lipinski definition) is 3. The average molecular weight is 402 g/mol. The van der Waals surface area contributed by atoms with Gasteiger partial charge in [0.15, 0.2) is 0 Å². The van der Waals surface area contributed by atoms with Crippen molar-refractivity contribution >= 4 is 34.9 Å². The van der Waals surface area contributed by atoms with Crippen molar-refractivity contribution in [3.8, 4) is 11.5 Å². The number of halogens is 2. The van der Waals surface area contributed by atoms with Crippen LogP contribution in [0.2, 0.25) is 10.0 Å². The molecule has 2 amide bonds. The van der Waals surface area contributed by atoms with Crippen molar-refractivity contribution in [1.29, 1.82) is 0 Å². The summed E-state index contributed by atoms with van der Waals surface area (Å²) in [4.78, 5) is 16.1. The molecule has 2 aromatic carbocycles. The van der Waals surface area contributed by atoms with Crippen LogP contribution >= 0.6 is 23.2 Å². The molecule has 7 heteroatoms. The first-order valence-corrected chi connectivity index (χ1v) is 8.97. The molecule has 138 valence electrons. The Labute approximate surface area is 167 Å². The third-order valence-corrected chi connectivity index (χ3v) is 4.34. The molecule has 2 N–H and O–H groups in total. The van der Waals surface area contributed by atoms with Gasteiger partial charge in [0.2, 0.25) is 0 Å². The summed E-state index contributed by atoms with van der Waals surface area (Å²) in [5, 5.41) is 6.46. The van der Waals surface area contributed by atoms with Gasteiger partial charge in [-0.2, -0.15) is 0 Å². The molecule has 1 atom stereocenters. The minimum Gasteiger partial charge on any atom is -0.457 e. The fraction of sp³-hybridized carbons (Fsp3) is 0.100. The molecule has 5 nitrogen and oxygen atoms in total. The third-order valence-electron chi connectivity index (χ3n) is 3.79. The smallest absolute Gasteiger partial charge is 0.319 e. The molecule has 0 fully saturated rings. The molecule has 0 aliphatic carbocycles. The van der Waals surface area contributed by atoms with E-state index in [0.29, 0.717) is 27.2 Å². The maximum absolute atomic E-state index is 12.2. The van der Waals surface area contributed by atoms with E-state index in [1.54, 1.807) is 42.7 Å². The van der Waals surface area contributed by atoms with E-state index in [0.717, 1.165) is 5.56 Å². The van der Waals surface area contributed by atoms with E-state index in [2.05, 4.69) is 15.6 Å². The van der Waals surface area contributed by atoms with Gasteiger partial charge in [0.05, 0.1) is 16.8 Å². The lowest BCUT2D eigenvalue weighted by Crippen LogP contribution is -2.31. The molecule has 0 saturated heterocycles. The Balaban J connectivity index is 1.58. The maximum Gasteiger partial charge on any atom is 0.319 e. The molecule has 1 aromatic heterocycles. The Morgan fingerprint density at radius 1 is 1.00 bits per heavy atom. The van der Waals surface area contributed by atoms with Gasteiger partial charge in [-0.3, -0.25) is 4.98 Å². The van der Waals surface area contributed by atoms with E-state index in [4.69, 9.17) is 27.9 Å². The van der Waals surface area contributed by atoms with Crippen LogP contribution in [-0.4, -0.2) is 11.0 Å². The monoisotopic (exact) mass is 401 g/mol. The number of pyridine rings is 1. The van der Waals surface area contributed by atoms with E-state index in [1.165, 1.54) is 0 Å². The molecule has 1 heterocycles. The number of ether oxygens (including phenoxy) is 1. The summed E-state index contributed by atoms with van der Waals surface area (Å²) in [6.45, 7) is 1.89. The topological polar surface area (TPSA) is 63.2 Å². The van der Waals surface area contributed by atoms with Crippen molar-refractivity contribution in [3.63, 3.8) is 0 Å². The average Bonchev–Trinajstić information content (AvgIpc) is 2.65. The summed E-state index contributed by atoms with van der Waals surface area (Å²) in [6, 6.07) is 15.4. The second-order valence-corrected chi connectivity index (χ2v) is 6.64. The van der Waals surface area contributed by atoms with Crippen LogP contribution in [0.25, 0.3) is 0 Å². The highest BCUT2D eigenvalue weighted by molar-refractivity contribution is 6.36. The first-order valence-electron chi connectivity index (χ1n) is 8.21. The van der Waals surface area contributed by atoms with E-state index in [9.17, 15) is 4.79 Å². The van der Waals surface area contributed by atoms with Gasteiger partial charge in [0.25, 0.3) is 0 Å². The van der Waals surface area contributed by atoms with Crippen LogP contribution in [0.15, 0.2) is 67.0 Å². The quantitative estimate of drug-likeness (QED) is 0.545. The van der Waals surface area contributed by atoms with Crippen LogP contribution in [0.3, 0.4) is 0 Å². The van der Waals surface area contributed by atoms with Crippen LogP contribution in [0.4, 0.5) is 10.5 Å². The van der Waals surface area contributed by atoms with Crippen molar-refractivity contribution in [3.05, 3.63) is 82.6 Å². The molecule has 0 bridgehead atoms. The number of anilines is 1. The standard InChI is InChI=1S/C20H17Cl2N3O2/c1-13(24-20(26)25-19-7-4-15(21)12-18(19)22)14-2-5-16(6-3-14)27-17-8-10-23-11-9-17/h2-13H,1H3,(H2,24,25,26). The largest absolute Gasteiger partial charge is 0.457 e. The SMILES string of the molecule is CC(NC(=O)Nc1ccc(Cl)cc1Cl)c1ccc(Oc2ccncc2)cc1. The number of amides is 2. The number of carbonyl (C=O) groups excluding carboxylic acids is 1. The maximum atomic E-state index is 12.2. The molecule has 0 spiro atoms. The highest BCUT2D eigenvalue weighted by atomic mass is 35.5. The lowest BCUT2D eigenvalue weighted by molar-refractivity contribution is 0.249. The number of hydrogen-bond donors (Lipinski definition) is 2. The molecular formula is C20H17Cl2N3O2. The number of benzene rings is 2. The van der Waals surface area contributed by atoms with Crippen molar-refractivity contribution in [2.45, 2.75) is 13.0 Å². The Bertz CT molecular complexity index is 918. The van der Waals surface area contributed by atoms with Crippen LogP contribution in [0.1, 0.15) is 18.5 Å². The first-order chi connectivity index (χ1) is 13.0. The Kier molecular flexibility index (Phi) is 6.16. The van der Waals surface area contributed by atoms with Crippen molar-refractivity contribution in [2.75, 3.05) is 5.32 Å². The van der Waals surface area contributed by atoms with Gasteiger partial charge in [0.1, 0.15) is 11.5 Å². The van der Waals surface area contributed by atoms with Crippen molar-refractivity contribution in [2.24, 2.45) is 0 Å². The predicted molar refractivity (Wildman–Crippen MR) is 108 cm³/mol. The second kappa shape index (κ2) is 8.75. The van der Waals surface area contributed by atoms with Crippen LogP contribution in [0.5, 0.6) is 11.5 Å². The zero-order valence-electron chi connectivity index (χ0n) is 14.4. The van der Waals surface area contributed by atoms with Gasteiger partial charge in [-0.1, -0.05) is 35.3 Å². The number of aromatic nitrogens is 1. The zero-order valence-corrected chi connectivity index (χ0v) is 16.0. The van der Waals surface area contributed by atoms with Gasteiger partial charge < -0.3 is 15.4 Å². The minimum absolute atomic E-state index is 0.203. The van der Waals surface area contributed by atoms with Gasteiger partial charge in [-0.25, -0.2) is 4.79 Å². The fourth-order valence-corrected chi connectivity index (χ4v) is 2.85. The number of rotatable bonds is 5. The predicted octanol–water partition coefficient (Wildman–Crippen LogP) is 6.06. The van der Waals surface area contributed by atoms with Gasteiger partial charge in [0, 0.05) is 17.4 Å². The first kappa shape index (κ1) is 19.0. The third kappa shape index (κ3) is 5.36. The lowest BCUT2D eigenvalue weighted by Gasteiger charge is -2.16. The minimum atomic E-state index is -0.358. The van der Waals surface area contributed by atoms with E-state index in [1.807, 2.05) is 31.2 Å². The van der Waals surface area contributed by atoms with Gasteiger partial charge >= 0.3 is 6.03 Å². The van der Waals surface area contributed by atoms with Crippen LogP contribution < -0.4 is 15.4 Å². The zero-order chi connectivity index (χ0) is 19.2. The Morgan fingerprint density at radius 2 is 1.67 bits per heavy atom. The molecule has 3 rings (SSSR count). The normalized spacial score (nSPS) is 11.5. The molecule has 0 aliphatic rings. The molecule has 0 saturated carbocycles. The molecule has 0 radical (unpaired) electrons. The molecule has 0 aliphatic heterocycles. The van der Waals surface area contributed by atoms with Gasteiger partial charge in [-0.05, 0) is 55.0 Å². The molecule has 27 heavy (non-hydrogen) atoms. The number of nitrogens with zero attached hydrogens (tertiary/aromatic N) is 1. The summed E-state index contributed by atoms with van der Waals surface area (Å²) in [5.41, 5.74) is 1.43. The van der Waals surface area contributed by atoms with Crippen LogP contribution in [-0.2, 0) is 0 Å². The highest BCUT2D eigenvalue weighted by Crippen LogP contribution is 2.26. The summed E-state index contributed by atoms with van der Waals surface area (Å²) in [5.74, 6) is 1.41. The summed E-state index contributed by atoms with van der Waals surface area (Å²) in [6.07, 6.45) is 3.34. The van der Waals surface area contributed by atoms with Crippen molar-refractivity contribution in [1.82, 2.24) is 10.3 Å². The Morgan fingerprint density at radius 3 is 2.33 bits per heavy atom. The number of nitrogens with one attached hydrogen (secondary N) is 2. The molecule has 1 unspecified atom stereocenters. The summed E-state index contributed by atoms with van der Waals surface area (Å²) in [7, 11) is 0. The number of carbonyl (C=O) groups is 1. The molecular weight excluding hydrogens is 385 g/mol. The van der Waals surface area contributed by atoms with E-state index < -0.39 is 0 Å². The lowest BCUT2D eigenvalue weighted by atomic mass is 10.1. The molecule has 3 aromatic rings. The summed E-state index contributed by atoms with van der Waals surface area (Å²) >= 11 is 11.9. The fourth-order valence-electron chi connectivity index (χ4n) is 2.40. The van der Waals surface area contributed by atoms with E-state index in [-0.39, 0.29) is 12.1 Å². The Hall–Kier alpha value is -2.76. The summed E-state index contributed by atoms with van der Waals surface area (Å²) < 4.78 is 5.73. The number of urea groups is 1. The second-order valence-electron chi connectivity index (χ2n) is 5.80. The van der Waals surface area contributed by atoms with Gasteiger partial charge in [-0.15, -0.1) is 0 Å². The van der Waals surface area contributed by atoms with Crippen molar-refractivity contribution < 1.29 is 9.53 Å². The van der Waals surface area contributed by atoms with E-state index >= 15 is 0 Å². The van der Waals surface area contributed by atoms with Crippen LogP contribution in [0, 0.1) is 0 Å².